The van der Waals surface area contributed by atoms with Crippen LogP contribution in [0.1, 0.15) is 32.1 Å². The molecule has 1 aromatic carbocycles. The largest absolute Gasteiger partial charge is 0.463 e. The van der Waals surface area contributed by atoms with E-state index in [0.29, 0.717) is 17.6 Å². The minimum atomic E-state index is -0.632. The van der Waals surface area contributed by atoms with Crippen molar-refractivity contribution in [2.45, 2.75) is 45.1 Å². The second-order valence-electron chi connectivity index (χ2n) is 7.57. The Hall–Kier alpha value is -3.86. The first-order chi connectivity index (χ1) is 15.9. The molecule has 1 amide bonds. The highest BCUT2D eigenvalue weighted by Crippen LogP contribution is 2.33. The summed E-state index contributed by atoms with van der Waals surface area (Å²) < 4.78 is 18.1. The van der Waals surface area contributed by atoms with Gasteiger partial charge in [-0.3, -0.25) is 19.0 Å². The quantitative estimate of drug-likeness (QED) is 0.531. The van der Waals surface area contributed by atoms with E-state index in [-0.39, 0.29) is 24.8 Å². The average molecular weight is 453 g/mol. The number of hydrogen-bond acceptors (Lipinski definition) is 9. The number of carbonyl (C=O) groups excluding carboxylic acids is 3. The number of nitrogens with one attached hydrogen (secondary N) is 1. The fourth-order valence-electron chi connectivity index (χ4n) is 3.67. The van der Waals surface area contributed by atoms with Crippen LogP contribution >= 0.6 is 0 Å². The summed E-state index contributed by atoms with van der Waals surface area (Å²) in [6.45, 7) is 2.55. The molecule has 1 aliphatic rings. The van der Waals surface area contributed by atoms with Crippen LogP contribution in [0.3, 0.4) is 0 Å². The first-order valence-corrected chi connectivity index (χ1v) is 10.4. The van der Waals surface area contributed by atoms with Gasteiger partial charge in [-0.05, 0) is 5.56 Å². The molecule has 0 saturated carbocycles. The van der Waals surface area contributed by atoms with Gasteiger partial charge in [0.05, 0.1) is 12.7 Å². The fraction of sp³-hybridized carbons (Fsp3) is 0.364. The highest BCUT2D eigenvalue weighted by Gasteiger charge is 2.40. The van der Waals surface area contributed by atoms with Gasteiger partial charge >= 0.3 is 11.9 Å². The number of amides is 1. The smallest absolute Gasteiger partial charge is 0.303 e. The number of carbonyl (C=O) groups is 3. The van der Waals surface area contributed by atoms with E-state index in [4.69, 9.17) is 14.2 Å². The Morgan fingerprint density at radius 1 is 1.12 bits per heavy atom. The summed E-state index contributed by atoms with van der Waals surface area (Å²) in [5.74, 6) is -0.867. The van der Waals surface area contributed by atoms with E-state index in [1.807, 2.05) is 30.3 Å². The van der Waals surface area contributed by atoms with Crippen LogP contribution in [0.4, 0.5) is 5.82 Å². The standard InChI is InChI=1S/C22H23N5O6/c1-13(28)31-10-17-16(32-14(2)29)9-19(33-17)27-12-25-20-21(23-11-24-22(20)27)26-18(30)8-15-6-4-3-5-7-15/h3-7,11-12,16-17,19H,8-10H2,1-2H3,(H,23,24,26,30)/t16-,17+,19+/m0/s1. The monoisotopic (exact) mass is 453 g/mol. The van der Waals surface area contributed by atoms with Crippen molar-refractivity contribution in [3.8, 4) is 0 Å². The van der Waals surface area contributed by atoms with Gasteiger partial charge in [0.1, 0.15) is 31.4 Å². The Balaban J connectivity index is 1.52. The van der Waals surface area contributed by atoms with Crippen LogP contribution in [-0.2, 0) is 35.0 Å². The van der Waals surface area contributed by atoms with Crippen molar-refractivity contribution < 1.29 is 28.6 Å². The van der Waals surface area contributed by atoms with E-state index >= 15 is 0 Å². The average Bonchev–Trinajstić information content (AvgIpc) is 3.37. The molecule has 3 atom stereocenters. The van der Waals surface area contributed by atoms with Crippen LogP contribution in [0.5, 0.6) is 0 Å². The van der Waals surface area contributed by atoms with Crippen molar-refractivity contribution in [2.24, 2.45) is 0 Å². The van der Waals surface area contributed by atoms with E-state index in [0.717, 1.165) is 5.56 Å². The molecular formula is C22H23N5O6. The van der Waals surface area contributed by atoms with Gasteiger partial charge in [-0.2, -0.15) is 0 Å². The number of ether oxygens (including phenoxy) is 3. The molecule has 0 unspecified atom stereocenters. The predicted octanol–water partition coefficient (Wildman–Crippen LogP) is 1.79. The second-order valence-corrected chi connectivity index (χ2v) is 7.57. The third-order valence-electron chi connectivity index (χ3n) is 5.08. The van der Waals surface area contributed by atoms with E-state index in [2.05, 4.69) is 20.3 Å². The van der Waals surface area contributed by atoms with Crippen molar-refractivity contribution in [2.75, 3.05) is 11.9 Å². The van der Waals surface area contributed by atoms with Crippen LogP contribution in [0.15, 0.2) is 43.0 Å². The molecule has 1 fully saturated rings. The number of aromatic nitrogens is 4. The lowest BCUT2D eigenvalue weighted by atomic mass is 10.1. The van der Waals surface area contributed by atoms with E-state index in [1.165, 1.54) is 26.5 Å². The van der Waals surface area contributed by atoms with Gasteiger partial charge in [0, 0.05) is 20.3 Å². The molecule has 0 radical (unpaired) electrons. The van der Waals surface area contributed by atoms with E-state index < -0.39 is 30.4 Å². The van der Waals surface area contributed by atoms with Crippen LogP contribution in [0.2, 0.25) is 0 Å². The minimum Gasteiger partial charge on any atom is -0.463 e. The molecular weight excluding hydrogens is 430 g/mol. The Labute approximate surface area is 189 Å². The van der Waals surface area contributed by atoms with Gasteiger partial charge in [0.2, 0.25) is 5.91 Å². The van der Waals surface area contributed by atoms with E-state index in [1.54, 1.807) is 4.57 Å². The second kappa shape index (κ2) is 9.74. The highest BCUT2D eigenvalue weighted by molar-refractivity contribution is 5.97. The molecule has 11 nitrogen and oxygen atoms in total. The summed E-state index contributed by atoms with van der Waals surface area (Å²) in [4.78, 5) is 48.0. The zero-order valence-electron chi connectivity index (χ0n) is 18.1. The van der Waals surface area contributed by atoms with Crippen LogP contribution in [0.25, 0.3) is 11.2 Å². The first kappa shape index (κ1) is 22.3. The third kappa shape index (κ3) is 5.32. The van der Waals surface area contributed by atoms with Crippen LogP contribution in [0, 0.1) is 0 Å². The van der Waals surface area contributed by atoms with Gasteiger partial charge in [-0.15, -0.1) is 0 Å². The zero-order valence-corrected chi connectivity index (χ0v) is 18.1. The van der Waals surface area contributed by atoms with Crippen LogP contribution < -0.4 is 5.32 Å². The Morgan fingerprint density at radius 2 is 1.91 bits per heavy atom. The number of nitrogens with zero attached hydrogens (tertiary/aromatic N) is 4. The molecule has 0 aliphatic carbocycles. The Kier molecular flexibility index (Phi) is 6.59. The fourth-order valence-corrected chi connectivity index (χ4v) is 3.67. The molecule has 1 aliphatic heterocycles. The topological polar surface area (TPSA) is 135 Å². The van der Waals surface area contributed by atoms with Gasteiger partial charge in [-0.25, -0.2) is 15.0 Å². The lowest BCUT2D eigenvalue weighted by molar-refractivity contribution is -0.155. The molecule has 4 rings (SSSR count). The number of rotatable bonds is 7. The lowest BCUT2D eigenvalue weighted by Gasteiger charge is -2.17. The molecule has 3 heterocycles. The maximum atomic E-state index is 12.5. The summed E-state index contributed by atoms with van der Waals surface area (Å²) in [5, 5.41) is 2.78. The predicted molar refractivity (Wildman–Crippen MR) is 115 cm³/mol. The molecule has 172 valence electrons. The normalized spacial score (nSPS) is 19.9. The molecule has 0 bridgehead atoms. The summed E-state index contributed by atoms with van der Waals surface area (Å²) in [6, 6.07) is 9.36. The maximum absolute atomic E-state index is 12.5. The number of esters is 2. The molecule has 0 spiro atoms. The van der Waals surface area contributed by atoms with Gasteiger partial charge in [0.15, 0.2) is 17.0 Å². The minimum absolute atomic E-state index is 0.0494. The first-order valence-electron chi connectivity index (χ1n) is 10.4. The lowest BCUT2D eigenvalue weighted by Crippen LogP contribution is -2.31. The Morgan fingerprint density at radius 3 is 2.64 bits per heavy atom. The van der Waals surface area contributed by atoms with Gasteiger partial charge in [-0.1, -0.05) is 30.3 Å². The number of benzene rings is 1. The third-order valence-corrected chi connectivity index (χ3v) is 5.08. The summed E-state index contributed by atoms with van der Waals surface area (Å²) >= 11 is 0. The molecule has 11 heteroatoms. The van der Waals surface area contributed by atoms with Crippen molar-refractivity contribution in [1.29, 1.82) is 0 Å². The number of anilines is 1. The van der Waals surface area contributed by atoms with Crippen molar-refractivity contribution >= 4 is 34.8 Å². The Bertz CT molecular complexity index is 1160. The van der Waals surface area contributed by atoms with E-state index in [9.17, 15) is 14.4 Å². The number of hydrogen-bond donors (Lipinski definition) is 1. The molecule has 2 aromatic heterocycles. The van der Waals surface area contributed by atoms with Crippen molar-refractivity contribution in [3.05, 3.63) is 48.5 Å². The van der Waals surface area contributed by atoms with Gasteiger partial charge in [0.25, 0.3) is 0 Å². The van der Waals surface area contributed by atoms with Gasteiger partial charge < -0.3 is 19.5 Å². The molecule has 1 N–H and O–H groups in total. The number of fused-ring (bicyclic) bond motifs is 1. The highest BCUT2D eigenvalue weighted by atomic mass is 16.6. The van der Waals surface area contributed by atoms with Crippen molar-refractivity contribution in [3.63, 3.8) is 0 Å². The SMILES string of the molecule is CC(=O)OC[C@H]1O[C@@H](n2cnc3c(NC(=O)Cc4ccccc4)ncnc32)C[C@@H]1OC(C)=O. The van der Waals surface area contributed by atoms with Crippen molar-refractivity contribution in [1.82, 2.24) is 19.5 Å². The maximum Gasteiger partial charge on any atom is 0.303 e. The summed E-state index contributed by atoms with van der Waals surface area (Å²) in [5.41, 5.74) is 1.72. The summed E-state index contributed by atoms with van der Waals surface area (Å²) in [6.07, 6.45) is 1.56. The molecule has 3 aromatic rings. The molecule has 33 heavy (non-hydrogen) atoms. The number of imidazole rings is 1. The summed E-state index contributed by atoms with van der Waals surface area (Å²) in [7, 11) is 0. The van der Waals surface area contributed by atoms with Crippen LogP contribution in [-0.4, -0.2) is 56.2 Å². The molecule has 1 saturated heterocycles. The zero-order chi connectivity index (χ0) is 23.4.